The zero-order valence-corrected chi connectivity index (χ0v) is 13.0. The fourth-order valence-electron chi connectivity index (χ4n) is 2.99. The summed E-state index contributed by atoms with van der Waals surface area (Å²) in [6.07, 6.45) is 8.67. The molecule has 0 spiro atoms. The molecular weight excluding hydrogens is 294 g/mol. The number of imidazole rings is 1. The maximum absolute atomic E-state index is 5.79. The molecule has 3 aromatic heterocycles. The number of hydrogen-bond donors (Lipinski definition) is 0. The Morgan fingerprint density at radius 2 is 2.00 bits per heavy atom. The van der Waals surface area contributed by atoms with Crippen LogP contribution >= 0.6 is 0 Å². The molecule has 1 aliphatic heterocycles. The van der Waals surface area contributed by atoms with Crippen LogP contribution in [0.1, 0.15) is 5.69 Å². The maximum Gasteiger partial charge on any atom is 0.144 e. The van der Waals surface area contributed by atoms with Crippen LogP contribution in [0.5, 0.6) is 0 Å². The van der Waals surface area contributed by atoms with Gasteiger partial charge in [-0.1, -0.05) is 0 Å². The highest BCUT2D eigenvalue weighted by molar-refractivity contribution is 5.48. The lowest BCUT2D eigenvalue weighted by atomic mass is 9.90. The minimum Gasteiger partial charge on any atom is -0.368 e. The largest absolute Gasteiger partial charge is 0.368 e. The second-order valence-corrected chi connectivity index (χ2v) is 5.60. The van der Waals surface area contributed by atoms with Gasteiger partial charge in [-0.15, -0.1) is 0 Å². The van der Waals surface area contributed by atoms with Gasteiger partial charge in [-0.25, -0.2) is 15.0 Å². The Balaban J connectivity index is 1.58. The van der Waals surface area contributed by atoms with Gasteiger partial charge >= 0.3 is 0 Å². The standard InChI is InChI=1S/C15H17N7O/c1-20-12(3-4-19-20)15(23-2)8-22(9-15)14-7-13(17-10-18-14)21-6-5-16-11-21/h3-7,10-11H,8-9H2,1-2H3. The number of aryl methyl sites for hydroxylation is 1. The van der Waals surface area contributed by atoms with Gasteiger partial charge in [0.15, 0.2) is 0 Å². The number of nitrogens with zero attached hydrogens (tertiary/aromatic N) is 7. The van der Waals surface area contributed by atoms with Crippen molar-refractivity contribution in [1.82, 2.24) is 29.3 Å². The first kappa shape index (κ1) is 13.9. The third-order valence-electron chi connectivity index (χ3n) is 4.30. The monoisotopic (exact) mass is 311 g/mol. The Morgan fingerprint density at radius 3 is 2.65 bits per heavy atom. The first-order valence-electron chi connectivity index (χ1n) is 7.31. The van der Waals surface area contributed by atoms with Crippen molar-refractivity contribution in [2.45, 2.75) is 5.60 Å². The van der Waals surface area contributed by atoms with Gasteiger partial charge in [-0.3, -0.25) is 9.25 Å². The van der Waals surface area contributed by atoms with Gasteiger partial charge in [0.05, 0.1) is 18.8 Å². The quantitative estimate of drug-likeness (QED) is 0.708. The SMILES string of the molecule is COC1(c2ccnn2C)CN(c2cc(-n3ccnc3)ncn2)C1. The number of methoxy groups -OCH3 is 1. The van der Waals surface area contributed by atoms with E-state index in [2.05, 4.69) is 25.0 Å². The van der Waals surface area contributed by atoms with Crippen LogP contribution in [0.4, 0.5) is 5.82 Å². The molecule has 1 fully saturated rings. The molecule has 4 rings (SSSR count). The highest BCUT2D eigenvalue weighted by atomic mass is 16.5. The zero-order valence-electron chi connectivity index (χ0n) is 13.0. The molecule has 4 heterocycles. The van der Waals surface area contributed by atoms with Gasteiger partial charge in [0, 0.05) is 38.8 Å². The van der Waals surface area contributed by atoms with Crippen molar-refractivity contribution in [3.63, 3.8) is 0 Å². The van der Waals surface area contributed by atoms with Gasteiger partial charge in [0.25, 0.3) is 0 Å². The van der Waals surface area contributed by atoms with Gasteiger partial charge in [0.1, 0.15) is 29.9 Å². The van der Waals surface area contributed by atoms with Gasteiger partial charge in [0.2, 0.25) is 0 Å². The van der Waals surface area contributed by atoms with Crippen molar-refractivity contribution in [2.75, 3.05) is 25.1 Å². The van der Waals surface area contributed by atoms with Crippen LogP contribution in [0.25, 0.3) is 5.82 Å². The van der Waals surface area contributed by atoms with Crippen molar-refractivity contribution >= 4 is 5.82 Å². The molecule has 118 valence electrons. The number of aromatic nitrogens is 6. The van der Waals surface area contributed by atoms with E-state index in [0.717, 1.165) is 30.4 Å². The summed E-state index contributed by atoms with van der Waals surface area (Å²) in [5.41, 5.74) is 0.728. The molecule has 8 nitrogen and oxygen atoms in total. The molecule has 0 N–H and O–H groups in total. The van der Waals surface area contributed by atoms with Crippen molar-refractivity contribution in [3.05, 3.63) is 49.1 Å². The van der Waals surface area contributed by atoms with E-state index in [1.54, 1.807) is 32.2 Å². The summed E-state index contributed by atoms with van der Waals surface area (Å²) in [7, 11) is 3.67. The van der Waals surface area contributed by atoms with E-state index in [1.807, 2.05) is 34.6 Å². The normalized spacial score (nSPS) is 16.3. The van der Waals surface area contributed by atoms with E-state index in [9.17, 15) is 0 Å². The molecule has 23 heavy (non-hydrogen) atoms. The lowest BCUT2D eigenvalue weighted by Crippen LogP contribution is -2.61. The average Bonchev–Trinajstić information content (AvgIpc) is 3.20. The summed E-state index contributed by atoms with van der Waals surface area (Å²) in [6.45, 7) is 1.45. The first-order valence-corrected chi connectivity index (χ1v) is 7.31. The van der Waals surface area contributed by atoms with E-state index < -0.39 is 0 Å². The minimum absolute atomic E-state index is 0.342. The first-order chi connectivity index (χ1) is 11.2. The molecule has 3 aromatic rings. The predicted molar refractivity (Wildman–Crippen MR) is 83.3 cm³/mol. The Labute approximate surface area is 133 Å². The van der Waals surface area contributed by atoms with Crippen LogP contribution < -0.4 is 4.90 Å². The fourth-order valence-corrected chi connectivity index (χ4v) is 2.99. The lowest BCUT2D eigenvalue weighted by Gasteiger charge is -2.49. The Bertz CT molecular complexity index is 805. The predicted octanol–water partition coefficient (Wildman–Crippen LogP) is 0.758. The summed E-state index contributed by atoms with van der Waals surface area (Å²) in [6, 6.07) is 3.95. The minimum atomic E-state index is -0.342. The molecular formula is C15H17N7O. The maximum atomic E-state index is 5.79. The number of anilines is 1. The summed E-state index contributed by atoms with van der Waals surface area (Å²) in [5, 5.41) is 4.24. The van der Waals surface area contributed by atoms with Crippen LogP contribution in [0, 0.1) is 0 Å². The van der Waals surface area contributed by atoms with Crippen molar-refractivity contribution in [2.24, 2.45) is 7.05 Å². The van der Waals surface area contributed by atoms with Crippen LogP contribution in [0.3, 0.4) is 0 Å². The topological polar surface area (TPSA) is 73.9 Å². The molecule has 8 heteroatoms. The molecule has 1 aliphatic rings. The Hall–Kier alpha value is -2.74. The zero-order chi connectivity index (χ0) is 15.9. The third kappa shape index (κ3) is 2.18. The molecule has 0 radical (unpaired) electrons. The van der Waals surface area contributed by atoms with Gasteiger partial charge in [-0.05, 0) is 6.07 Å². The van der Waals surface area contributed by atoms with E-state index in [1.165, 1.54) is 0 Å². The average molecular weight is 311 g/mol. The smallest absolute Gasteiger partial charge is 0.144 e. The van der Waals surface area contributed by atoms with E-state index >= 15 is 0 Å². The Morgan fingerprint density at radius 1 is 1.17 bits per heavy atom. The van der Waals surface area contributed by atoms with E-state index in [4.69, 9.17) is 4.74 Å². The molecule has 0 atom stereocenters. The molecule has 0 unspecified atom stereocenters. The fraction of sp³-hybridized carbons (Fsp3) is 0.333. The number of hydrogen-bond acceptors (Lipinski definition) is 6. The summed E-state index contributed by atoms with van der Waals surface area (Å²) in [5.74, 6) is 1.67. The molecule has 0 aliphatic carbocycles. The number of rotatable bonds is 4. The van der Waals surface area contributed by atoms with Crippen molar-refractivity contribution in [3.8, 4) is 5.82 Å². The highest BCUT2D eigenvalue weighted by Crippen LogP contribution is 2.37. The second-order valence-electron chi connectivity index (χ2n) is 5.60. The van der Waals surface area contributed by atoms with E-state index in [-0.39, 0.29) is 5.60 Å². The second kappa shape index (κ2) is 5.17. The van der Waals surface area contributed by atoms with Gasteiger partial charge in [-0.2, -0.15) is 5.10 Å². The molecule has 0 bridgehead atoms. The molecule has 0 aromatic carbocycles. The molecule has 0 amide bonds. The number of ether oxygens (including phenoxy) is 1. The van der Waals surface area contributed by atoms with Gasteiger partial charge < -0.3 is 9.64 Å². The Kier molecular flexibility index (Phi) is 3.12. The third-order valence-corrected chi connectivity index (χ3v) is 4.30. The van der Waals surface area contributed by atoms with Crippen LogP contribution in [-0.4, -0.2) is 49.5 Å². The van der Waals surface area contributed by atoms with Crippen LogP contribution in [0.2, 0.25) is 0 Å². The highest BCUT2D eigenvalue weighted by Gasteiger charge is 2.47. The molecule has 0 saturated carbocycles. The summed E-state index contributed by atoms with van der Waals surface area (Å²) >= 11 is 0. The van der Waals surface area contributed by atoms with Crippen LogP contribution in [-0.2, 0) is 17.4 Å². The summed E-state index contributed by atoms with van der Waals surface area (Å²) < 4.78 is 9.51. The van der Waals surface area contributed by atoms with E-state index in [0.29, 0.717) is 0 Å². The van der Waals surface area contributed by atoms with Crippen molar-refractivity contribution in [1.29, 1.82) is 0 Å². The van der Waals surface area contributed by atoms with Crippen LogP contribution in [0.15, 0.2) is 43.4 Å². The lowest BCUT2D eigenvalue weighted by molar-refractivity contribution is -0.0447. The molecule has 1 saturated heterocycles. The van der Waals surface area contributed by atoms with Crippen molar-refractivity contribution < 1.29 is 4.74 Å². The summed E-state index contributed by atoms with van der Waals surface area (Å²) in [4.78, 5) is 14.9.